The molecule has 2 rings (SSSR count). The zero-order valence-electron chi connectivity index (χ0n) is 13.9. The van der Waals surface area contributed by atoms with Crippen molar-refractivity contribution < 1.29 is 20.1 Å². The highest BCUT2D eigenvalue weighted by Crippen LogP contribution is 2.53. The lowest BCUT2D eigenvalue weighted by Crippen LogP contribution is -2.56. The van der Waals surface area contributed by atoms with E-state index in [0.29, 0.717) is 6.42 Å². The molecule has 4 nitrogen and oxygen atoms in total. The second-order valence-electron chi connectivity index (χ2n) is 7.58. The van der Waals surface area contributed by atoms with Crippen LogP contribution in [0.4, 0.5) is 0 Å². The van der Waals surface area contributed by atoms with E-state index in [2.05, 4.69) is 6.92 Å². The molecule has 8 atom stereocenters. The third-order valence-electron chi connectivity index (χ3n) is 5.60. The number of alkyl halides is 1. The lowest BCUT2D eigenvalue weighted by Gasteiger charge is -2.54. The molecule has 0 aromatic rings. The molecule has 23 heavy (non-hydrogen) atoms. The fraction of sp³-hybridized carbons (Fsp3) is 0.722. The molecule has 0 aromatic carbocycles. The number of aliphatic carboxylic acids is 1. The molecule has 5 heteroatoms. The van der Waals surface area contributed by atoms with Gasteiger partial charge >= 0.3 is 5.97 Å². The fourth-order valence-electron chi connectivity index (χ4n) is 4.72. The number of carboxylic acid groups (broad SMARTS) is 1. The van der Waals surface area contributed by atoms with Crippen molar-refractivity contribution >= 4 is 17.6 Å². The molecule has 0 saturated heterocycles. The number of halogens is 1. The molecule has 130 valence electrons. The highest BCUT2D eigenvalue weighted by molar-refractivity contribution is 6.21. The molecule has 2 fully saturated rings. The summed E-state index contributed by atoms with van der Waals surface area (Å²) in [5.74, 6) is -0.233. The Morgan fingerprint density at radius 2 is 1.91 bits per heavy atom. The van der Waals surface area contributed by atoms with Crippen LogP contribution in [0.2, 0.25) is 0 Å². The first-order chi connectivity index (χ1) is 10.6. The number of aliphatic hydroxyl groups excluding tert-OH is 1. The minimum atomic E-state index is -0.979. The Labute approximate surface area is 142 Å². The van der Waals surface area contributed by atoms with E-state index in [1.165, 1.54) is 6.08 Å². The van der Waals surface area contributed by atoms with Crippen molar-refractivity contribution in [3.8, 4) is 0 Å². The van der Waals surface area contributed by atoms with Crippen molar-refractivity contribution in [2.75, 3.05) is 0 Å². The van der Waals surface area contributed by atoms with Gasteiger partial charge in [0.15, 0.2) is 0 Å². The second-order valence-corrected chi connectivity index (χ2v) is 8.08. The third-order valence-corrected chi connectivity index (χ3v) is 6.18. The summed E-state index contributed by atoms with van der Waals surface area (Å²) in [5, 5.41) is 29.3. The maximum atomic E-state index is 10.6. The summed E-state index contributed by atoms with van der Waals surface area (Å²) in [7, 11) is 0. The summed E-state index contributed by atoms with van der Waals surface area (Å²) in [6.45, 7) is 5.97. The van der Waals surface area contributed by atoms with E-state index in [1.54, 1.807) is 6.08 Å². The Kier molecular flexibility index (Phi) is 5.59. The van der Waals surface area contributed by atoms with Crippen molar-refractivity contribution in [3.63, 3.8) is 0 Å². The largest absolute Gasteiger partial charge is 0.478 e. The van der Waals surface area contributed by atoms with E-state index in [4.69, 9.17) is 16.7 Å². The van der Waals surface area contributed by atoms with Gasteiger partial charge in [-0.25, -0.2) is 4.79 Å². The molecule has 0 aromatic heterocycles. The van der Waals surface area contributed by atoms with Crippen LogP contribution in [0, 0.1) is 29.6 Å². The van der Waals surface area contributed by atoms with Crippen LogP contribution >= 0.6 is 11.6 Å². The molecule has 2 aliphatic carbocycles. The summed E-state index contributed by atoms with van der Waals surface area (Å²) in [6, 6.07) is 0. The SMILES string of the molecule is CC1CC(C)(O)CC2C(Cl)C(O)C(C)C(C=CC=CC(=O)O)C12. The lowest BCUT2D eigenvalue weighted by atomic mass is 9.55. The minimum absolute atomic E-state index is 0.00118. The van der Waals surface area contributed by atoms with Crippen LogP contribution in [0.3, 0.4) is 0 Å². The van der Waals surface area contributed by atoms with Crippen LogP contribution in [-0.2, 0) is 4.79 Å². The van der Waals surface area contributed by atoms with Crippen LogP contribution in [0.25, 0.3) is 0 Å². The normalized spacial score (nSPS) is 47.8. The van der Waals surface area contributed by atoms with Crippen LogP contribution in [0.5, 0.6) is 0 Å². The number of allylic oxidation sites excluding steroid dienone is 3. The molecule has 2 saturated carbocycles. The van der Waals surface area contributed by atoms with Crippen LogP contribution in [0.1, 0.15) is 33.6 Å². The number of carbonyl (C=O) groups is 1. The molecule has 0 radical (unpaired) electrons. The van der Waals surface area contributed by atoms with Gasteiger partial charge in [0, 0.05) is 6.08 Å². The standard InChI is InChI=1S/C18H27ClO4/c1-10-8-18(3,23)9-13-15(10)12(6-4-5-7-14(20)21)11(2)17(22)16(13)19/h4-7,10-13,15-17,22-23H,8-9H2,1-3H3,(H,20,21). The molecule has 2 aliphatic rings. The topological polar surface area (TPSA) is 77.8 Å². The monoisotopic (exact) mass is 342 g/mol. The summed E-state index contributed by atoms with van der Waals surface area (Å²) in [4.78, 5) is 10.6. The Balaban J connectivity index is 2.27. The number of carboxylic acids is 1. The molecule has 0 spiro atoms. The van der Waals surface area contributed by atoms with Gasteiger partial charge in [-0.05, 0) is 49.4 Å². The van der Waals surface area contributed by atoms with Gasteiger partial charge < -0.3 is 15.3 Å². The van der Waals surface area contributed by atoms with Gasteiger partial charge in [-0.2, -0.15) is 0 Å². The van der Waals surface area contributed by atoms with E-state index >= 15 is 0 Å². The van der Waals surface area contributed by atoms with Crippen molar-refractivity contribution in [2.45, 2.75) is 50.7 Å². The Morgan fingerprint density at radius 1 is 1.26 bits per heavy atom. The maximum absolute atomic E-state index is 10.6. The lowest BCUT2D eigenvalue weighted by molar-refractivity contribution is -0.131. The van der Waals surface area contributed by atoms with Gasteiger partial charge in [0.2, 0.25) is 0 Å². The predicted octanol–water partition coefficient (Wildman–Crippen LogP) is 2.83. The van der Waals surface area contributed by atoms with Crippen LogP contribution < -0.4 is 0 Å². The number of aliphatic hydroxyl groups is 2. The van der Waals surface area contributed by atoms with Gasteiger partial charge in [-0.15, -0.1) is 11.6 Å². The number of rotatable bonds is 3. The highest BCUT2D eigenvalue weighted by atomic mass is 35.5. The van der Waals surface area contributed by atoms with Crippen molar-refractivity contribution in [2.24, 2.45) is 29.6 Å². The van der Waals surface area contributed by atoms with Gasteiger partial charge in [0.05, 0.1) is 17.1 Å². The molecule has 0 amide bonds. The average Bonchev–Trinajstić information content (AvgIpc) is 2.43. The number of fused-ring (bicyclic) bond motifs is 1. The maximum Gasteiger partial charge on any atom is 0.328 e. The fourth-order valence-corrected chi connectivity index (χ4v) is 5.21. The Bertz CT molecular complexity index is 499. The van der Waals surface area contributed by atoms with Crippen LogP contribution in [-0.4, -0.2) is 38.4 Å². The zero-order chi connectivity index (χ0) is 17.4. The Hall–Kier alpha value is -0.840. The molecule has 3 N–H and O–H groups in total. The molecular formula is C18H27ClO4. The number of hydrogen-bond donors (Lipinski definition) is 3. The van der Waals surface area contributed by atoms with Gasteiger partial charge in [0.25, 0.3) is 0 Å². The van der Waals surface area contributed by atoms with Crippen LogP contribution in [0.15, 0.2) is 24.3 Å². The van der Waals surface area contributed by atoms with E-state index in [9.17, 15) is 15.0 Å². The number of hydrogen-bond acceptors (Lipinski definition) is 3. The summed E-state index contributed by atoms with van der Waals surface area (Å²) >= 11 is 6.52. The van der Waals surface area contributed by atoms with Crippen molar-refractivity contribution in [3.05, 3.63) is 24.3 Å². The minimum Gasteiger partial charge on any atom is -0.478 e. The first kappa shape index (κ1) is 18.5. The average molecular weight is 343 g/mol. The molecule has 8 unspecified atom stereocenters. The van der Waals surface area contributed by atoms with E-state index in [1.807, 2.05) is 19.9 Å². The van der Waals surface area contributed by atoms with Gasteiger partial charge in [0.1, 0.15) is 0 Å². The first-order valence-corrected chi connectivity index (χ1v) is 8.70. The smallest absolute Gasteiger partial charge is 0.328 e. The third kappa shape index (κ3) is 3.98. The molecule has 0 aliphatic heterocycles. The zero-order valence-corrected chi connectivity index (χ0v) is 14.6. The Morgan fingerprint density at radius 3 is 2.52 bits per heavy atom. The van der Waals surface area contributed by atoms with Gasteiger partial charge in [-0.3, -0.25) is 0 Å². The van der Waals surface area contributed by atoms with E-state index in [-0.39, 0.29) is 35.0 Å². The van der Waals surface area contributed by atoms with Crippen molar-refractivity contribution in [1.29, 1.82) is 0 Å². The predicted molar refractivity (Wildman–Crippen MR) is 90.2 cm³/mol. The summed E-state index contributed by atoms with van der Waals surface area (Å²) < 4.78 is 0. The van der Waals surface area contributed by atoms with E-state index < -0.39 is 17.7 Å². The summed E-state index contributed by atoms with van der Waals surface area (Å²) in [5.41, 5.74) is -0.745. The molecular weight excluding hydrogens is 316 g/mol. The quantitative estimate of drug-likeness (QED) is 0.418. The van der Waals surface area contributed by atoms with E-state index in [0.717, 1.165) is 12.5 Å². The van der Waals surface area contributed by atoms with Gasteiger partial charge in [-0.1, -0.05) is 32.1 Å². The first-order valence-electron chi connectivity index (χ1n) is 8.26. The summed E-state index contributed by atoms with van der Waals surface area (Å²) in [6.07, 6.45) is 7.02. The highest BCUT2D eigenvalue weighted by Gasteiger charge is 2.53. The molecule has 0 bridgehead atoms. The molecule has 0 heterocycles. The second kappa shape index (κ2) is 6.96. The van der Waals surface area contributed by atoms with Crippen molar-refractivity contribution in [1.82, 2.24) is 0 Å².